The molecule has 32 heavy (non-hydrogen) atoms. The van der Waals surface area contributed by atoms with Crippen molar-refractivity contribution in [3.63, 3.8) is 0 Å². The van der Waals surface area contributed by atoms with Crippen molar-refractivity contribution in [3.8, 4) is 28.4 Å². The number of hydrogen-bond acceptors (Lipinski definition) is 6. The molecule has 2 aromatic carbocycles. The van der Waals surface area contributed by atoms with Gasteiger partial charge in [-0.1, -0.05) is 24.2 Å². The van der Waals surface area contributed by atoms with Gasteiger partial charge in [-0.25, -0.2) is 9.37 Å². The van der Waals surface area contributed by atoms with Gasteiger partial charge in [0.15, 0.2) is 5.76 Å². The van der Waals surface area contributed by atoms with Gasteiger partial charge in [-0.15, -0.1) is 0 Å². The van der Waals surface area contributed by atoms with Crippen LogP contribution >= 0.6 is 0 Å². The summed E-state index contributed by atoms with van der Waals surface area (Å²) < 4.78 is 25.2. The zero-order valence-electron chi connectivity index (χ0n) is 17.6. The number of aromatic amines is 1. The first-order valence-corrected chi connectivity index (χ1v) is 10.5. The second-order valence-electron chi connectivity index (χ2n) is 7.55. The van der Waals surface area contributed by atoms with Crippen molar-refractivity contribution in [1.82, 2.24) is 20.1 Å². The topological polar surface area (TPSA) is 79.5 Å². The van der Waals surface area contributed by atoms with Crippen molar-refractivity contribution in [2.24, 2.45) is 5.10 Å². The normalized spacial score (nSPS) is 12.8. The van der Waals surface area contributed by atoms with Gasteiger partial charge in [0, 0.05) is 11.6 Å². The van der Waals surface area contributed by atoms with Gasteiger partial charge in [-0.05, 0) is 42.8 Å². The number of fused-ring (bicyclic) bond motifs is 1. The molecule has 0 bridgehead atoms. The summed E-state index contributed by atoms with van der Waals surface area (Å²) in [6.45, 7) is 3.73. The molecule has 0 saturated carbocycles. The molecule has 0 aliphatic carbocycles. The molecule has 0 unspecified atom stereocenters. The summed E-state index contributed by atoms with van der Waals surface area (Å²) in [4.78, 5) is 7.69. The molecule has 0 radical (unpaired) electrons. The highest BCUT2D eigenvalue weighted by atomic mass is 19.1. The zero-order chi connectivity index (χ0) is 21.9. The number of hydrazone groups is 1. The fourth-order valence-corrected chi connectivity index (χ4v) is 3.53. The number of ether oxygens (including phenoxy) is 1. The van der Waals surface area contributed by atoms with Crippen molar-refractivity contribution in [3.05, 3.63) is 77.6 Å². The summed E-state index contributed by atoms with van der Waals surface area (Å²) in [7, 11) is 0. The number of halogens is 1. The lowest BCUT2D eigenvalue weighted by molar-refractivity contribution is 0.229. The molecule has 0 spiro atoms. The van der Waals surface area contributed by atoms with E-state index < -0.39 is 0 Å². The number of benzene rings is 2. The van der Waals surface area contributed by atoms with Crippen molar-refractivity contribution in [2.75, 3.05) is 6.61 Å². The number of aromatic nitrogens is 3. The Morgan fingerprint density at radius 2 is 2.00 bits per heavy atom. The average Bonchev–Trinajstić information content (AvgIpc) is 3.45. The average molecular weight is 431 g/mol. The Bertz CT molecular complexity index is 1250. The largest absolute Gasteiger partial charge is 0.494 e. The number of rotatable bonds is 7. The summed E-state index contributed by atoms with van der Waals surface area (Å²) >= 11 is 0. The smallest absolute Gasteiger partial charge is 0.158 e. The molecule has 1 aliphatic rings. The summed E-state index contributed by atoms with van der Waals surface area (Å²) in [5.41, 5.74) is 3.74. The van der Waals surface area contributed by atoms with E-state index in [2.05, 4.69) is 27.1 Å². The molecule has 4 aromatic rings. The molecule has 1 aliphatic heterocycles. The van der Waals surface area contributed by atoms with Gasteiger partial charge in [0.05, 0.1) is 37.2 Å². The Kier molecular flexibility index (Phi) is 5.41. The van der Waals surface area contributed by atoms with E-state index in [1.807, 2.05) is 35.3 Å². The second-order valence-corrected chi connectivity index (χ2v) is 7.55. The highest BCUT2D eigenvalue weighted by Gasteiger charge is 2.20. The van der Waals surface area contributed by atoms with Crippen molar-refractivity contribution >= 4 is 6.21 Å². The maximum atomic E-state index is 14.1. The lowest BCUT2D eigenvalue weighted by Gasteiger charge is -2.19. The number of nitrogens with one attached hydrogen (secondary N) is 1. The van der Waals surface area contributed by atoms with Crippen LogP contribution in [0.15, 0.2) is 64.2 Å². The van der Waals surface area contributed by atoms with Gasteiger partial charge in [-0.3, -0.25) is 5.01 Å². The Morgan fingerprint density at radius 3 is 2.81 bits per heavy atom. The first-order chi connectivity index (χ1) is 15.7. The van der Waals surface area contributed by atoms with Gasteiger partial charge in [0.1, 0.15) is 28.8 Å². The molecule has 5 rings (SSSR count). The summed E-state index contributed by atoms with van der Waals surface area (Å²) in [6, 6.07) is 16.3. The maximum Gasteiger partial charge on any atom is 0.158 e. The number of H-pyrrole nitrogens is 1. The number of imidazole rings is 1. The molecule has 2 aromatic heterocycles. The van der Waals surface area contributed by atoms with Gasteiger partial charge in [-0.2, -0.15) is 5.10 Å². The highest BCUT2D eigenvalue weighted by Crippen LogP contribution is 2.26. The summed E-state index contributed by atoms with van der Waals surface area (Å²) in [5, 5.41) is 10.5. The van der Waals surface area contributed by atoms with Crippen LogP contribution in [0.5, 0.6) is 5.75 Å². The Balaban J connectivity index is 1.26. The van der Waals surface area contributed by atoms with Crippen molar-refractivity contribution < 1.29 is 13.7 Å². The lowest BCUT2D eigenvalue weighted by atomic mass is 10.1. The first-order valence-electron chi connectivity index (χ1n) is 10.5. The molecular formula is C24H22FN5O2. The van der Waals surface area contributed by atoms with Crippen LogP contribution in [-0.4, -0.2) is 33.0 Å². The van der Waals surface area contributed by atoms with E-state index in [9.17, 15) is 4.39 Å². The quantitative estimate of drug-likeness (QED) is 0.445. The fraction of sp³-hybridized carbons (Fsp3) is 0.208. The molecule has 7 nitrogen and oxygen atoms in total. The molecule has 0 saturated heterocycles. The zero-order valence-corrected chi connectivity index (χ0v) is 17.6. The molecule has 0 fully saturated rings. The third-order valence-corrected chi connectivity index (χ3v) is 5.14. The maximum absolute atomic E-state index is 14.1. The number of hydrogen-bond donors (Lipinski definition) is 1. The summed E-state index contributed by atoms with van der Waals surface area (Å²) in [5.74, 6) is 1.72. The molecule has 0 amide bonds. The van der Waals surface area contributed by atoms with Crippen molar-refractivity contribution in [1.29, 1.82) is 0 Å². The number of nitrogens with zero attached hydrogens (tertiary/aromatic N) is 4. The monoisotopic (exact) mass is 431 g/mol. The van der Waals surface area contributed by atoms with Crippen LogP contribution in [-0.2, 0) is 13.1 Å². The van der Waals surface area contributed by atoms with E-state index in [0.29, 0.717) is 42.5 Å². The third kappa shape index (κ3) is 4.12. The van der Waals surface area contributed by atoms with E-state index >= 15 is 0 Å². The minimum atomic E-state index is -0.313. The minimum Gasteiger partial charge on any atom is -0.494 e. The predicted molar refractivity (Wildman–Crippen MR) is 119 cm³/mol. The van der Waals surface area contributed by atoms with Crippen LogP contribution in [0.3, 0.4) is 0 Å². The molecule has 0 atom stereocenters. The van der Waals surface area contributed by atoms with Crippen LogP contribution in [0.4, 0.5) is 4.39 Å². The molecular weight excluding hydrogens is 409 g/mol. The van der Waals surface area contributed by atoms with Gasteiger partial charge < -0.3 is 14.2 Å². The van der Waals surface area contributed by atoms with E-state index in [0.717, 1.165) is 29.1 Å². The van der Waals surface area contributed by atoms with Crippen LogP contribution in [0.25, 0.3) is 22.6 Å². The van der Waals surface area contributed by atoms with E-state index in [1.165, 1.54) is 6.07 Å². The second kappa shape index (κ2) is 8.66. The van der Waals surface area contributed by atoms with Crippen LogP contribution in [0, 0.1) is 5.82 Å². The molecule has 1 N–H and O–H groups in total. The summed E-state index contributed by atoms with van der Waals surface area (Å²) in [6.07, 6.45) is 2.64. The minimum absolute atomic E-state index is 0.313. The predicted octanol–water partition coefficient (Wildman–Crippen LogP) is 5.01. The van der Waals surface area contributed by atoms with Crippen molar-refractivity contribution in [2.45, 2.75) is 26.4 Å². The third-order valence-electron chi connectivity index (χ3n) is 5.14. The highest BCUT2D eigenvalue weighted by molar-refractivity contribution is 5.80. The van der Waals surface area contributed by atoms with Gasteiger partial charge in [0.2, 0.25) is 0 Å². The first kappa shape index (κ1) is 20.0. The molecule has 162 valence electrons. The Hall–Kier alpha value is -3.94. The van der Waals surface area contributed by atoms with E-state index in [-0.39, 0.29) is 5.82 Å². The Morgan fingerprint density at radius 1 is 1.16 bits per heavy atom. The van der Waals surface area contributed by atoms with Gasteiger partial charge >= 0.3 is 0 Å². The molecule has 8 heteroatoms. The van der Waals surface area contributed by atoms with E-state index in [1.54, 1.807) is 24.4 Å². The fourth-order valence-electron chi connectivity index (χ4n) is 3.53. The van der Waals surface area contributed by atoms with Gasteiger partial charge in [0.25, 0.3) is 0 Å². The van der Waals surface area contributed by atoms with Crippen LogP contribution in [0.2, 0.25) is 0 Å². The Labute approximate surface area is 184 Å². The van der Waals surface area contributed by atoms with E-state index in [4.69, 9.17) is 9.26 Å². The lowest BCUT2D eigenvalue weighted by Crippen LogP contribution is -2.21. The standard InChI is InChI=1S/C24H22FN5O2/c1-2-11-31-17-9-7-16(8-10-17)21-12-18(32-29-21)14-30-15-23-22(13-26-30)27-24(28-23)19-5-3-4-6-20(19)25/h3-10,12-13H,2,11,14-15H2,1H3,(H,27,28). The van der Waals surface area contributed by atoms with Crippen LogP contribution < -0.4 is 4.74 Å². The van der Waals surface area contributed by atoms with Crippen LogP contribution in [0.1, 0.15) is 30.5 Å². The molecule has 3 heterocycles. The SMILES string of the molecule is CCCOc1ccc(-c2cc(CN3Cc4[nH]c(-c5ccccc5F)nc4C=N3)on2)cc1.